The molecule has 1 saturated carbocycles. The number of nitrogens with zero attached hydrogens (tertiary/aromatic N) is 2. The third-order valence-corrected chi connectivity index (χ3v) is 5.93. The van der Waals surface area contributed by atoms with Gasteiger partial charge in [0.25, 0.3) is 11.8 Å². The summed E-state index contributed by atoms with van der Waals surface area (Å²) in [7, 11) is 0. The number of ether oxygens (including phenoxy) is 1. The molecule has 158 valence electrons. The predicted molar refractivity (Wildman–Crippen MR) is 111 cm³/mol. The fraction of sp³-hybridized carbons (Fsp3) is 0.304. The molecule has 0 bridgehead atoms. The minimum atomic E-state index is -1.54. The van der Waals surface area contributed by atoms with Crippen LogP contribution in [0.5, 0.6) is 0 Å². The summed E-state index contributed by atoms with van der Waals surface area (Å²) < 4.78 is 5.40. The highest BCUT2D eigenvalue weighted by Crippen LogP contribution is 2.49. The van der Waals surface area contributed by atoms with E-state index in [1.807, 2.05) is 6.07 Å². The van der Waals surface area contributed by atoms with Gasteiger partial charge >= 0.3 is 5.97 Å². The molecule has 1 aliphatic carbocycles. The number of fused-ring (bicyclic) bond motifs is 3. The molecule has 8 nitrogen and oxygen atoms in total. The summed E-state index contributed by atoms with van der Waals surface area (Å²) in [5.74, 6) is -1.77. The van der Waals surface area contributed by atoms with Crippen molar-refractivity contribution < 1.29 is 23.9 Å². The molecule has 0 aromatic heterocycles. The SMILES string of the molecule is O=C(COC(=O)[C@]12CCC(=O)N1c1ccccc1C(=O)N2C1CC1)Nc1ccccc1. The molecule has 8 heteroatoms. The van der Waals surface area contributed by atoms with Gasteiger partial charge in [-0.2, -0.15) is 0 Å². The number of carbonyl (C=O) groups is 4. The third-order valence-electron chi connectivity index (χ3n) is 5.93. The van der Waals surface area contributed by atoms with Crippen LogP contribution < -0.4 is 10.2 Å². The fourth-order valence-corrected chi connectivity index (χ4v) is 4.48. The Bertz CT molecular complexity index is 1080. The highest BCUT2D eigenvalue weighted by atomic mass is 16.5. The quantitative estimate of drug-likeness (QED) is 0.751. The molecule has 0 radical (unpaired) electrons. The monoisotopic (exact) mass is 419 g/mol. The van der Waals surface area contributed by atoms with Gasteiger partial charge in [0.15, 0.2) is 6.61 Å². The number of hydrogen-bond acceptors (Lipinski definition) is 5. The van der Waals surface area contributed by atoms with E-state index in [1.54, 1.807) is 48.5 Å². The zero-order valence-corrected chi connectivity index (χ0v) is 16.7. The smallest absolute Gasteiger partial charge is 0.354 e. The Labute approximate surface area is 178 Å². The summed E-state index contributed by atoms with van der Waals surface area (Å²) >= 11 is 0. The van der Waals surface area contributed by atoms with Gasteiger partial charge in [0.1, 0.15) is 0 Å². The van der Waals surface area contributed by atoms with E-state index in [0.717, 1.165) is 12.8 Å². The van der Waals surface area contributed by atoms with Crippen molar-refractivity contribution in [3.8, 4) is 0 Å². The Morgan fingerprint density at radius 3 is 2.48 bits per heavy atom. The zero-order valence-electron chi connectivity index (χ0n) is 16.7. The lowest BCUT2D eigenvalue weighted by atomic mass is 9.96. The maximum absolute atomic E-state index is 13.4. The molecule has 2 aromatic rings. The lowest BCUT2D eigenvalue weighted by Gasteiger charge is -2.48. The Morgan fingerprint density at radius 1 is 1.03 bits per heavy atom. The predicted octanol–water partition coefficient (Wildman–Crippen LogP) is 2.31. The van der Waals surface area contributed by atoms with Crippen molar-refractivity contribution in [2.24, 2.45) is 0 Å². The van der Waals surface area contributed by atoms with Crippen molar-refractivity contribution in [1.82, 2.24) is 4.90 Å². The second kappa shape index (κ2) is 7.23. The van der Waals surface area contributed by atoms with Crippen molar-refractivity contribution in [2.75, 3.05) is 16.8 Å². The van der Waals surface area contributed by atoms with Crippen molar-refractivity contribution in [3.05, 3.63) is 60.2 Å². The van der Waals surface area contributed by atoms with E-state index in [-0.39, 0.29) is 30.7 Å². The van der Waals surface area contributed by atoms with Crippen LogP contribution in [0.2, 0.25) is 0 Å². The number of carbonyl (C=O) groups excluding carboxylic acids is 4. The minimum Gasteiger partial charge on any atom is -0.452 e. The Morgan fingerprint density at radius 2 is 1.74 bits per heavy atom. The molecule has 2 fully saturated rings. The fourth-order valence-electron chi connectivity index (χ4n) is 4.48. The lowest BCUT2D eigenvalue weighted by molar-refractivity contribution is -0.159. The van der Waals surface area contributed by atoms with Gasteiger partial charge in [-0.3, -0.25) is 19.3 Å². The summed E-state index contributed by atoms with van der Waals surface area (Å²) in [6, 6.07) is 15.5. The number of amides is 3. The summed E-state index contributed by atoms with van der Waals surface area (Å²) in [5.41, 5.74) is -0.148. The molecule has 1 N–H and O–H groups in total. The van der Waals surface area contributed by atoms with Crippen LogP contribution in [0.4, 0.5) is 11.4 Å². The van der Waals surface area contributed by atoms with E-state index >= 15 is 0 Å². The number of nitrogens with one attached hydrogen (secondary N) is 1. The minimum absolute atomic E-state index is 0.121. The molecule has 3 aliphatic rings. The number of anilines is 2. The average molecular weight is 419 g/mol. The van der Waals surface area contributed by atoms with Crippen LogP contribution in [-0.4, -0.2) is 46.9 Å². The van der Waals surface area contributed by atoms with E-state index in [9.17, 15) is 19.2 Å². The van der Waals surface area contributed by atoms with E-state index in [1.165, 1.54) is 9.80 Å². The van der Waals surface area contributed by atoms with Gasteiger partial charge in [0.05, 0.1) is 11.3 Å². The topological polar surface area (TPSA) is 96.0 Å². The number of benzene rings is 2. The van der Waals surface area contributed by atoms with Crippen molar-refractivity contribution >= 4 is 35.1 Å². The molecule has 2 aromatic carbocycles. The van der Waals surface area contributed by atoms with E-state index in [4.69, 9.17) is 4.74 Å². The first-order chi connectivity index (χ1) is 15.0. The molecule has 1 saturated heterocycles. The maximum Gasteiger partial charge on any atom is 0.354 e. The van der Waals surface area contributed by atoms with Crippen LogP contribution in [0.1, 0.15) is 36.0 Å². The van der Waals surface area contributed by atoms with Gasteiger partial charge in [-0.05, 0) is 37.1 Å². The standard InChI is InChI=1S/C23H21N3O5/c27-19(24-15-6-2-1-3-7-15)14-31-22(30)23-13-12-20(28)26(23)18-9-5-4-8-17(18)21(29)25(23)16-10-11-16/h1-9,16H,10-14H2,(H,24,27)/t23-/m0/s1. The molecule has 2 heterocycles. The maximum atomic E-state index is 13.4. The zero-order chi connectivity index (χ0) is 21.6. The van der Waals surface area contributed by atoms with E-state index < -0.39 is 24.1 Å². The Hall–Kier alpha value is -3.68. The molecule has 1 atom stereocenters. The molecule has 3 amide bonds. The lowest BCUT2D eigenvalue weighted by Crippen LogP contribution is -2.69. The number of hydrogen-bond donors (Lipinski definition) is 1. The summed E-state index contributed by atoms with van der Waals surface area (Å²) in [6.07, 6.45) is 1.79. The number of rotatable bonds is 5. The van der Waals surface area contributed by atoms with Crippen LogP contribution in [0.25, 0.3) is 0 Å². The molecular formula is C23H21N3O5. The molecule has 5 rings (SSSR count). The van der Waals surface area contributed by atoms with Gasteiger partial charge in [-0.1, -0.05) is 30.3 Å². The molecular weight excluding hydrogens is 398 g/mol. The highest BCUT2D eigenvalue weighted by molar-refractivity contribution is 6.16. The third kappa shape index (κ3) is 3.06. The van der Waals surface area contributed by atoms with Gasteiger partial charge in [0.2, 0.25) is 11.6 Å². The van der Waals surface area contributed by atoms with E-state index in [0.29, 0.717) is 16.9 Å². The van der Waals surface area contributed by atoms with Gasteiger partial charge in [-0.25, -0.2) is 4.79 Å². The van der Waals surface area contributed by atoms with E-state index in [2.05, 4.69) is 5.32 Å². The second-order valence-corrected chi connectivity index (χ2v) is 7.96. The normalized spacial score (nSPS) is 22.1. The Balaban J connectivity index is 1.44. The number of esters is 1. The van der Waals surface area contributed by atoms with Crippen molar-refractivity contribution in [1.29, 1.82) is 0 Å². The highest BCUT2D eigenvalue weighted by Gasteiger charge is 2.64. The second-order valence-electron chi connectivity index (χ2n) is 7.96. The first-order valence-electron chi connectivity index (χ1n) is 10.3. The van der Waals surface area contributed by atoms with Crippen molar-refractivity contribution in [3.63, 3.8) is 0 Å². The van der Waals surface area contributed by atoms with Crippen LogP contribution in [0, 0.1) is 0 Å². The largest absolute Gasteiger partial charge is 0.452 e. The van der Waals surface area contributed by atoms with Crippen LogP contribution in [0.15, 0.2) is 54.6 Å². The van der Waals surface area contributed by atoms with Crippen molar-refractivity contribution in [2.45, 2.75) is 37.4 Å². The molecule has 31 heavy (non-hydrogen) atoms. The molecule has 2 aliphatic heterocycles. The summed E-state index contributed by atoms with van der Waals surface area (Å²) in [5, 5.41) is 2.66. The first-order valence-corrected chi connectivity index (χ1v) is 10.3. The Kier molecular flexibility index (Phi) is 4.50. The average Bonchev–Trinajstić information content (AvgIpc) is 3.55. The van der Waals surface area contributed by atoms with Crippen LogP contribution >= 0.6 is 0 Å². The van der Waals surface area contributed by atoms with Gasteiger partial charge in [0, 0.05) is 24.6 Å². The molecule has 0 unspecified atom stereocenters. The van der Waals surface area contributed by atoms with Crippen LogP contribution in [0.3, 0.4) is 0 Å². The van der Waals surface area contributed by atoms with Gasteiger partial charge < -0.3 is 15.0 Å². The summed E-state index contributed by atoms with van der Waals surface area (Å²) in [4.78, 5) is 54.8. The number of para-hydroxylation sites is 2. The van der Waals surface area contributed by atoms with Crippen LogP contribution in [-0.2, 0) is 19.1 Å². The molecule has 0 spiro atoms. The van der Waals surface area contributed by atoms with Gasteiger partial charge in [-0.15, -0.1) is 0 Å². The summed E-state index contributed by atoms with van der Waals surface area (Å²) in [6.45, 7) is -0.508. The first kappa shape index (κ1) is 19.3.